The minimum absolute atomic E-state index is 0.142. The highest BCUT2D eigenvalue weighted by atomic mass is 19.1. The predicted octanol–water partition coefficient (Wildman–Crippen LogP) is 2.95. The third-order valence-corrected chi connectivity index (χ3v) is 5.57. The average molecular weight is 457 g/mol. The van der Waals surface area contributed by atoms with Crippen LogP contribution in [0.5, 0.6) is 0 Å². The Morgan fingerprint density at radius 2 is 1.68 bits per heavy atom. The Morgan fingerprint density at radius 1 is 0.971 bits per heavy atom. The number of nitrogens with zero attached hydrogens (tertiary/aromatic N) is 4. The van der Waals surface area contributed by atoms with E-state index in [2.05, 4.69) is 10.4 Å². The topological polar surface area (TPSA) is 90.4 Å². The molecule has 8 nitrogen and oxygen atoms in total. The van der Waals surface area contributed by atoms with E-state index in [0.29, 0.717) is 16.6 Å². The van der Waals surface area contributed by atoms with Crippen LogP contribution in [0.3, 0.4) is 0 Å². The summed E-state index contributed by atoms with van der Waals surface area (Å²) < 4.78 is 16.9. The molecule has 0 saturated carbocycles. The van der Waals surface area contributed by atoms with Gasteiger partial charge in [-0.1, -0.05) is 42.0 Å². The summed E-state index contributed by atoms with van der Waals surface area (Å²) in [4.78, 5) is 39.1. The van der Waals surface area contributed by atoms with Crippen molar-refractivity contribution >= 4 is 28.3 Å². The molecule has 0 saturated heterocycles. The fourth-order valence-electron chi connectivity index (χ4n) is 3.86. The van der Waals surface area contributed by atoms with Crippen molar-refractivity contribution in [3.63, 3.8) is 0 Å². The molecule has 3 aromatic carbocycles. The van der Waals surface area contributed by atoms with E-state index < -0.39 is 17.4 Å². The number of hydrogen-bond acceptors (Lipinski definition) is 4. The van der Waals surface area contributed by atoms with E-state index in [4.69, 9.17) is 0 Å². The summed E-state index contributed by atoms with van der Waals surface area (Å²) in [7, 11) is 0. The minimum atomic E-state index is -0.543. The van der Waals surface area contributed by atoms with Gasteiger partial charge in [-0.25, -0.2) is 18.3 Å². The molecule has 0 atom stereocenters. The number of aromatic nitrogens is 4. The van der Waals surface area contributed by atoms with Gasteiger partial charge in [0.2, 0.25) is 11.7 Å². The molecule has 0 fully saturated rings. The van der Waals surface area contributed by atoms with Crippen LogP contribution >= 0.6 is 0 Å². The fraction of sp³-hybridized carbons (Fsp3) is 0.120. The van der Waals surface area contributed by atoms with E-state index >= 15 is 0 Å². The van der Waals surface area contributed by atoms with E-state index in [1.165, 1.54) is 33.2 Å². The van der Waals surface area contributed by atoms with Gasteiger partial charge in [-0.05, 0) is 48.9 Å². The van der Waals surface area contributed by atoms with Gasteiger partial charge in [-0.3, -0.25) is 14.2 Å². The maximum Gasteiger partial charge on any atom is 0.352 e. The lowest BCUT2D eigenvalue weighted by Gasteiger charge is -2.10. The molecule has 9 heteroatoms. The van der Waals surface area contributed by atoms with Gasteiger partial charge >= 0.3 is 5.69 Å². The molecule has 2 aromatic heterocycles. The second-order valence-corrected chi connectivity index (χ2v) is 8.02. The maximum absolute atomic E-state index is 13.3. The Balaban J connectivity index is 1.60. The lowest BCUT2D eigenvalue weighted by molar-refractivity contribution is -0.117. The molecule has 1 N–H and O–H groups in total. The fourth-order valence-corrected chi connectivity index (χ4v) is 3.86. The molecule has 0 unspecified atom stereocenters. The average Bonchev–Trinajstić information content (AvgIpc) is 3.15. The SMILES string of the molecule is Cc1ccc(Cn2c(=O)c3ccccc3n3c(=O)n(CC(=O)Nc4ccc(F)cc4)nc23)cc1. The number of rotatable bonds is 5. The van der Waals surface area contributed by atoms with Crippen molar-refractivity contribution in [2.75, 3.05) is 5.32 Å². The van der Waals surface area contributed by atoms with Gasteiger partial charge in [0.25, 0.3) is 5.56 Å². The van der Waals surface area contributed by atoms with E-state index in [-0.39, 0.29) is 24.4 Å². The number of fused-ring (bicyclic) bond motifs is 3. The smallest absolute Gasteiger partial charge is 0.324 e. The Labute approximate surface area is 192 Å². The number of aryl methyl sites for hydroxylation is 1. The first kappa shape index (κ1) is 21.3. The molecule has 2 heterocycles. The second-order valence-electron chi connectivity index (χ2n) is 8.02. The number of carbonyl (C=O) groups excluding carboxylic acids is 1. The van der Waals surface area contributed by atoms with Crippen molar-refractivity contribution in [2.24, 2.45) is 0 Å². The number of benzene rings is 3. The summed E-state index contributed by atoms with van der Waals surface area (Å²) in [5.41, 5.74) is 1.95. The number of amides is 1. The highest BCUT2D eigenvalue weighted by Gasteiger charge is 2.19. The van der Waals surface area contributed by atoms with E-state index in [1.807, 2.05) is 31.2 Å². The van der Waals surface area contributed by atoms with E-state index in [0.717, 1.165) is 15.8 Å². The summed E-state index contributed by atoms with van der Waals surface area (Å²) in [6.07, 6.45) is 0. The van der Waals surface area contributed by atoms with E-state index in [9.17, 15) is 18.8 Å². The number of anilines is 1. The molecule has 0 bridgehead atoms. The Morgan fingerprint density at radius 3 is 2.41 bits per heavy atom. The largest absolute Gasteiger partial charge is 0.352 e. The van der Waals surface area contributed by atoms with Gasteiger partial charge in [0.1, 0.15) is 12.4 Å². The van der Waals surface area contributed by atoms with Gasteiger partial charge in [0, 0.05) is 5.69 Å². The van der Waals surface area contributed by atoms with Crippen LogP contribution in [0.25, 0.3) is 16.7 Å². The molecule has 0 aliphatic carbocycles. The monoisotopic (exact) mass is 457 g/mol. The maximum atomic E-state index is 13.3. The molecule has 0 radical (unpaired) electrons. The zero-order valence-electron chi connectivity index (χ0n) is 18.2. The van der Waals surface area contributed by atoms with Crippen LogP contribution in [0, 0.1) is 12.7 Å². The number of halogens is 1. The highest BCUT2D eigenvalue weighted by molar-refractivity contribution is 5.90. The van der Waals surface area contributed by atoms with Crippen LogP contribution < -0.4 is 16.6 Å². The quantitative estimate of drug-likeness (QED) is 0.439. The van der Waals surface area contributed by atoms with E-state index in [1.54, 1.807) is 24.3 Å². The standard InChI is InChI=1S/C25H20FN5O3/c1-16-6-8-17(9-7-16)14-29-23(33)20-4-2-3-5-21(20)31-24(29)28-30(25(31)34)15-22(32)27-19-12-10-18(26)11-13-19/h2-13H,14-15H2,1H3,(H,27,32). The van der Waals surface area contributed by atoms with Crippen LogP contribution in [-0.4, -0.2) is 24.7 Å². The number of para-hydroxylation sites is 1. The van der Waals surface area contributed by atoms with Gasteiger partial charge < -0.3 is 5.32 Å². The Hall–Kier alpha value is -4.53. The second kappa shape index (κ2) is 8.43. The molecular formula is C25H20FN5O3. The van der Waals surface area contributed by atoms with Crippen LogP contribution in [0.4, 0.5) is 10.1 Å². The van der Waals surface area contributed by atoms with Crippen molar-refractivity contribution in [1.29, 1.82) is 0 Å². The van der Waals surface area contributed by atoms with Gasteiger partial charge in [0.05, 0.1) is 17.4 Å². The molecule has 34 heavy (non-hydrogen) atoms. The van der Waals surface area contributed by atoms with Crippen LogP contribution in [0.15, 0.2) is 82.4 Å². The highest BCUT2D eigenvalue weighted by Crippen LogP contribution is 2.13. The lowest BCUT2D eigenvalue weighted by atomic mass is 10.1. The third kappa shape index (κ3) is 3.88. The van der Waals surface area contributed by atoms with Crippen molar-refractivity contribution < 1.29 is 9.18 Å². The summed E-state index contributed by atoms with van der Waals surface area (Å²) in [6, 6.07) is 19.8. The Bertz CT molecular complexity index is 1650. The summed E-state index contributed by atoms with van der Waals surface area (Å²) in [5.74, 6) is -0.786. The molecule has 1 amide bonds. The van der Waals surface area contributed by atoms with Crippen molar-refractivity contribution in [3.05, 3.63) is 111 Å². The number of carbonyl (C=O) groups is 1. The van der Waals surface area contributed by atoms with Crippen molar-refractivity contribution in [3.8, 4) is 0 Å². The summed E-state index contributed by atoms with van der Waals surface area (Å²) in [5, 5.41) is 7.33. The lowest BCUT2D eigenvalue weighted by Crippen LogP contribution is -2.29. The first-order valence-electron chi connectivity index (χ1n) is 10.6. The van der Waals surface area contributed by atoms with Crippen LogP contribution in [0.2, 0.25) is 0 Å². The molecule has 0 aliphatic heterocycles. The van der Waals surface area contributed by atoms with Crippen LogP contribution in [0.1, 0.15) is 11.1 Å². The normalized spacial score (nSPS) is 11.2. The first-order valence-corrected chi connectivity index (χ1v) is 10.6. The summed E-state index contributed by atoms with van der Waals surface area (Å²) >= 11 is 0. The summed E-state index contributed by atoms with van der Waals surface area (Å²) in [6.45, 7) is 1.82. The first-order chi connectivity index (χ1) is 16.4. The van der Waals surface area contributed by atoms with Gasteiger partial charge in [-0.15, -0.1) is 5.10 Å². The minimum Gasteiger partial charge on any atom is -0.324 e. The predicted molar refractivity (Wildman–Crippen MR) is 127 cm³/mol. The molecular weight excluding hydrogens is 437 g/mol. The molecule has 170 valence electrons. The zero-order chi connectivity index (χ0) is 23.8. The number of hydrogen-bond donors (Lipinski definition) is 1. The molecule has 0 spiro atoms. The Kier molecular flexibility index (Phi) is 5.29. The van der Waals surface area contributed by atoms with Gasteiger partial charge in [-0.2, -0.15) is 0 Å². The van der Waals surface area contributed by atoms with Gasteiger partial charge in [0.15, 0.2) is 0 Å². The van der Waals surface area contributed by atoms with Crippen LogP contribution in [-0.2, 0) is 17.9 Å². The third-order valence-electron chi connectivity index (χ3n) is 5.57. The van der Waals surface area contributed by atoms with Crippen molar-refractivity contribution in [2.45, 2.75) is 20.0 Å². The molecule has 5 aromatic rings. The molecule has 0 aliphatic rings. The number of nitrogens with one attached hydrogen (secondary N) is 1. The van der Waals surface area contributed by atoms with Crippen molar-refractivity contribution in [1.82, 2.24) is 18.7 Å². The zero-order valence-corrected chi connectivity index (χ0v) is 18.2. The molecule has 5 rings (SSSR count).